The van der Waals surface area contributed by atoms with Gasteiger partial charge in [0, 0.05) is 31.5 Å². The second-order valence-electron chi connectivity index (χ2n) is 7.05. The van der Waals surface area contributed by atoms with Crippen molar-refractivity contribution in [1.82, 2.24) is 20.3 Å². The van der Waals surface area contributed by atoms with Gasteiger partial charge in [0.05, 0.1) is 11.7 Å². The number of rotatable bonds is 3. The summed E-state index contributed by atoms with van der Waals surface area (Å²) in [5, 5.41) is 5.68. The molecule has 3 aliphatic rings. The first kappa shape index (κ1) is 16.0. The van der Waals surface area contributed by atoms with Crippen LogP contribution in [0.4, 0.5) is 22.2 Å². The molecule has 2 aromatic heterocycles. The fourth-order valence-electron chi connectivity index (χ4n) is 3.60. The van der Waals surface area contributed by atoms with E-state index >= 15 is 0 Å². The van der Waals surface area contributed by atoms with Crippen LogP contribution in [0.15, 0.2) is 30.6 Å². The maximum Gasteiger partial charge on any atom is 0.330 e. The van der Waals surface area contributed by atoms with Crippen molar-refractivity contribution in [3.63, 3.8) is 0 Å². The molecule has 1 unspecified atom stereocenters. The number of aromatic nitrogens is 3. The molecule has 0 radical (unpaired) electrons. The third-order valence-corrected chi connectivity index (χ3v) is 5.10. The van der Waals surface area contributed by atoms with Gasteiger partial charge in [-0.25, -0.2) is 19.7 Å². The summed E-state index contributed by atoms with van der Waals surface area (Å²) in [6, 6.07) is 5.23. The minimum Gasteiger partial charge on any atom is -0.366 e. The van der Waals surface area contributed by atoms with Crippen LogP contribution in [0.1, 0.15) is 29.8 Å². The van der Waals surface area contributed by atoms with E-state index in [-0.39, 0.29) is 30.0 Å². The first-order valence-electron chi connectivity index (χ1n) is 9.13. The molecule has 3 amide bonds. The van der Waals surface area contributed by atoms with Gasteiger partial charge in [0.25, 0.3) is 5.91 Å². The van der Waals surface area contributed by atoms with Crippen molar-refractivity contribution in [2.24, 2.45) is 0 Å². The van der Waals surface area contributed by atoms with Gasteiger partial charge < -0.3 is 10.2 Å². The van der Waals surface area contributed by atoms with E-state index in [1.54, 1.807) is 29.4 Å². The third-order valence-electron chi connectivity index (χ3n) is 5.10. The summed E-state index contributed by atoms with van der Waals surface area (Å²) in [6.45, 7) is 1.62. The van der Waals surface area contributed by atoms with Crippen LogP contribution in [0.5, 0.6) is 0 Å². The van der Waals surface area contributed by atoms with Crippen molar-refractivity contribution < 1.29 is 9.59 Å². The van der Waals surface area contributed by atoms with Gasteiger partial charge in [-0.1, -0.05) is 0 Å². The van der Waals surface area contributed by atoms with Crippen LogP contribution in [-0.4, -0.2) is 52.1 Å². The van der Waals surface area contributed by atoms with E-state index in [0.717, 1.165) is 38.0 Å². The molecule has 2 fully saturated rings. The number of nitrogens with one attached hydrogen (secondary N) is 2. The zero-order valence-corrected chi connectivity index (χ0v) is 14.6. The number of urea groups is 1. The van der Waals surface area contributed by atoms with Crippen LogP contribution in [0, 0.1) is 0 Å². The molecule has 138 valence electrons. The zero-order valence-electron chi connectivity index (χ0n) is 14.6. The van der Waals surface area contributed by atoms with Gasteiger partial charge in [-0.3, -0.25) is 15.0 Å². The Bertz CT molecular complexity index is 900. The maximum absolute atomic E-state index is 13.0. The molecular weight excluding hydrogens is 346 g/mol. The van der Waals surface area contributed by atoms with Crippen molar-refractivity contribution in [2.45, 2.75) is 31.3 Å². The number of amides is 3. The van der Waals surface area contributed by atoms with E-state index in [1.807, 2.05) is 6.07 Å². The highest BCUT2D eigenvalue weighted by Gasteiger charge is 2.40. The summed E-state index contributed by atoms with van der Waals surface area (Å²) in [6.07, 6.45) is 6.02. The van der Waals surface area contributed by atoms with Crippen molar-refractivity contribution in [3.8, 4) is 0 Å². The van der Waals surface area contributed by atoms with E-state index in [9.17, 15) is 9.59 Å². The minimum absolute atomic E-state index is 0.00968. The molecule has 2 N–H and O–H groups in total. The molecule has 9 heteroatoms. The fourth-order valence-corrected chi connectivity index (χ4v) is 3.60. The maximum atomic E-state index is 13.0. The number of hydrogen-bond donors (Lipinski definition) is 2. The van der Waals surface area contributed by atoms with Crippen LogP contribution < -0.4 is 20.4 Å². The Hall–Kier alpha value is -3.23. The molecule has 2 bridgehead atoms. The topological polar surface area (TPSA) is 103 Å². The lowest BCUT2D eigenvalue weighted by Gasteiger charge is -2.35. The molecule has 2 aromatic rings. The van der Waals surface area contributed by atoms with Gasteiger partial charge in [0.1, 0.15) is 5.69 Å². The van der Waals surface area contributed by atoms with E-state index in [0.29, 0.717) is 11.5 Å². The highest BCUT2D eigenvalue weighted by Crippen LogP contribution is 2.39. The molecule has 9 nitrogen and oxygen atoms in total. The Balaban J connectivity index is 1.47. The van der Waals surface area contributed by atoms with Gasteiger partial charge in [0.2, 0.25) is 5.95 Å². The number of anilines is 3. The summed E-state index contributed by atoms with van der Waals surface area (Å²) in [7, 11) is 0. The second kappa shape index (κ2) is 6.19. The van der Waals surface area contributed by atoms with Gasteiger partial charge >= 0.3 is 6.03 Å². The first-order chi connectivity index (χ1) is 13.2. The minimum atomic E-state index is -0.332. The summed E-state index contributed by atoms with van der Waals surface area (Å²) in [5.41, 5.74) is 1.20. The fraction of sp³-hybridized carbons (Fsp3) is 0.389. The number of carbonyl (C=O) groups excluding carboxylic acids is 2. The van der Waals surface area contributed by atoms with Gasteiger partial charge in [0.15, 0.2) is 5.82 Å². The number of fused-ring (bicyclic) bond motifs is 4. The summed E-state index contributed by atoms with van der Waals surface area (Å²) < 4.78 is 0. The number of nitrogens with zero attached hydrogens (tertiary/aromatic N) is 5. The average Bonchev–Trinajstić information content (AvgIpc) is 3.40. The molecule has 27 heavy (non-hydrogen) atoms. The summed E-state index contributed by atoms with van der Waals surface area (Å²) in [4.78, 5) is 41.9. The SMILES string of the molecule is O=C(NC1CC1)c1ccc2c(n1)N(C(=O)Nc1ncccn1)C1CCN2C1. The van der Waals surface area contributed by atoms with Crippen molar-refractivity contribution in [2.75, 3.05) is 28.2 Å². The predicted octanol–water partition coefficient (Wildman–Crippen LogP) is 1.39. The first-order valence-corrected chi connectivity index (χ1v) is 9.13. The number of carbonyl (C=O) groups is 2. The van der Waals surface area contributed by atoms with Crippen LogP contribution in [-0.2, 0) is 0 Å². The highest BCUT2D eigenvalue weighted by molar-refractivity contribution is 6.04. The molecule has 2 aliphatic heterocycles. The monoisotopic (exact) mass is 365 g/mol. The Morgan fingerprint density at radius 1 is 1.11 bits per heavy atom. The van der Waals surface area contributed by atoms with E-state index in [1.165, 1.54) is 0 Å². The Morgan fingerprint density at radius 3 is 2.70 bits per heavy atom. The lowest BCUT2D eigenvalue weighted by atomic mass is 10.1. The van der Waals surface area contributed by atoms with Crippen LogP contribution in [0.3, 0.4) is 0 Å². The van der Waals surface area contributed by atoms with Crippen molar-refractivity contribution >= 4 is 29.4 Å². The van der Waals surface area contributed by atoms with E-state index in [2.05, 4.69) is 30.5 Å². The highest BCUT2D eigenvalue weighted by atomic mass is 16.2. The van der Waals surface area contributed by atoms with Crippen LogP contribution in [0.25, 0.3) is 0 Å². The van der Waals surface area contributed by atoms with E-state index < -0.39 is 0 Å². The largest absolute Gasteiger partial charge is 0.366 e. The normalized spacial score (nSPS) is 20.2. The Labute approximate surface area is 155 Å². The quantitative estimate of drug-likeness (QED) is 0.852. The molecule has 1 saturated carbocycles. The molecule has 4 heterocycles. The zero-order chi connectivity index (χ0) is 18.4. The molecule has 1 atom stereocenters. The van der Waals surface area contributed by atoms with Crippen LogP contribution in [0.2, 0.25) is 0 Å². The lowest BCUT2D eigenvalue weighted by Crippen LogP contribution is -2.48. The number of hydrogen-bond acceptors (Lipinski definition) is 6. The van der Waals surface area contributed by atoms with Gasteiger partial charge in [-0.05, 0) is 37.5 Å². The van der Waals surface area contributed by atoms with Gasteiger partial charge in [-0.15, -0.1) is 0 Å². The molecule has 0 spiro atoms. The Kier molecular flexibility index (Phi) is 3.66. The summed E-state index contributed by atoms with van der Waals surface area (Å²) >= 11 is 0. The van der Waals surface area contributed by atoms with Crippen molar-refractivity contribution in [1.29, 1.82) is 0 Å². The van der Waals surface area contributed by atoms with E-state index in [4.69, 9.17) is 0 Å². The Morgan fingerprint density at radius 2 is 1.93 bits per heavy atom. The molecule has 1 saturated heterocycles. The standard InChI is InChI=1S/C18H19N7O2/c26-16(21-11-2-3-11)13-4-5-14-15(22-13)25(12-6-9-24(14)10-12)18(27)23-17-19-7-1-8-20-17/h1,4-5,7-8,11-12H,2-3,6,9-10H2,(H,21,26)(H,19,20,23,27). The van der Waals surface area contributed by atoms with Crippen LogP contribution >= 0.6 is 0 Å². The predicted molar refractivity (Wildman–Crippen MR) is 98.9 cm³/mol. The second-order valence-corrected chi connectivity index (χ2v) is 7.05. The molecule has 1 aliphatic carbocycles. The molecule has 0 aromatic carbocycles. The third kappa shape index (κ3) is 2.94. The average molecular weight is 365 g/mol. The molecule has 5 rings (SSSR count). The van der Waals surface area contributed by atoms with Gasteiger partial charge in [-0.2, -0.15) is 0 Å². The molecular formula is C18H19N7O2. The summed E-state index contributed by atoms with van der Waals surface area (Å²) in [5.74, 6) is 0.563. The van der Waals surface area contributed by atoms with Crippen molar-refractivity contribution in [3.05, 3.63) is 36.3 Å². The lowest BCUT2D eigenvalue weighted by molar-refractivity contribution is 0.0946. The number of pyridine rings is 1. The smallest absolute Gasteiger partial charge is 0.330 e.